The van der Waals surface area contributed by atoms with E-state index in [9.17, 15) is 40.5 Å². The van der Waals surface area contributed by atoms with Gasteiger partial charge in [-0.25, -0.2) is 0 Å². The van der Waals surface area contributed by atoms with Gasteiger partial charge in [-0.3, -0.25) is 4.79 Å². The zero-order valence-corrected chi connectivity index (χ0v) is 46.1. The Bertz CT molecular complexity index is 1450. The Hall–Kier alpha value is -2.31. The first-order chi connectivity index (χ1) is 36.1. The number of ether oxygens (including phenoxy) is 6. The van der Waals surface area contributed by atoms with Gasteiger partial charge in [0.2, 0.25) is 0 Å². The average molecular weight is 1050 g/mol. The highest BCUT2D eigenvalue weighted by Gasteiger charge is 2.47. The van der Waals surface area contributed by atoms with Gasteiger partial charge in [-0.05, 0) is 51.4 Å². The van der Waals surface area contributed by atoms with Crippen LogP contribution in [-0.2, 0) is 33.2 Å². The molecule has 2 saturated heterocycles. The molecule has 0 radical (unpaired) electrons. The normalized spacial score (nSPS) is 25.2. The molecule has 2 fully saturated rings. The number of aliphatic hydroxyl groups is 7. The lowest BCUT2D eigenvalue weighted by Crippen LogP contribution is -2.61. The van der Waals surface area contributed by atoms with Gasteiger partial charge in [0.15, 0.2) is 12.6 Å². The van der Waals surface area contributed by atoms with Crippen molar-refractivity contribution >= 4 is 5.97 Å². The smallest absolute Gasteiger partial charge is 0.306 e. The third-order valence-corrected chi connectivity index (χ3v) is 13.8. The molecule has 430 valence electrons. The maximum absolute atomic E-state index is 13.0. The van der Waals surface area contributed by atoms with Crippen LogP contribution in [0.3, 0.4) is 0 Å². The van der Waals surface area contributed by atoms with E-state index in [1.165, 1.54) is 128 Å². The molecule has 7 N–H and O–H groups in total. The molecule has 2 heterocycles. The quantitative estimate of drug-likeness (QED) is 0.0172. The number of unbranched alkanes of at least 4 members (excludes halogenated alkanes) is 23. The Morgan fingerprint density at radius 2 is 0.865 bits per heavy atom. The third-order valence-electron chi connectivity index (χ3n) is 13.8. The number of aliphatic hydroxyl groups excluding tert-OH is 7. The number of carbonyl (C=O) groups excluding carboxylic acids is 1. The van der Waals surface area contributed by atoms with E-state index in [0.29, 0.717) is 19.4 Å². The highest BCUT2D eigenvalue weighted by atomic mass is 16.7. The van der Waals surface area contributed by atoms with Crippen molar-refractivity contribution in [1.29, 1.82) is 0 Å². The van der Waals surface area contributed by atoms with Crippen LogP contribution < -0.4 is 0 Å². The summed E-state index contributed by atoms with van der Waals surface area (Å²) in [7, 11) is 0. The molecular formula is C60H106O14. The van der Waals surface area contributed by atoms with Crippen molar-refractivity contribution in [2.45, 2.75) is 280 Å². The van der Waals surface area contributed by atoms with Crippen LogP contribution in [-0.4, -0.2) is 142 Å². The van der Waals surface area contributed by atoms with Gasteiger partial charge in [-0.2, -0.15) is 0 Å². The van der Waals surface area contributed by atoms with E-state index in [0.717, 1.165) is 51.4 Å². The van der Waals surface area contributed by atoms with E-state index in [-0.39, 0.29) is 19.6 Å². The van der Waals surface area contributed by atoms with Gasteiger partial charge < -0.3 is 64.2 Å². The van der Waals surface area contributed by atoms with Gasteiger partial charge in [0.05, 0.1) is 26.4 Å². The molecular weight excluding hydrogens is 945 g/mol. The number of rotatable bonds is 47. The zero-order chi connectivity index (χ0) is 53.7. The van der Waals surface area contributed by atoms with Crippen molar-refractivity contribution < 1.29 is 69.0 Å². The second-order valence-corrected chi connectivity index (χ2v) is 20.4. The summed E-state index contributed by atoms with van der Waals surface area (Å²) >= 11 is 0. The van der Waals surface area contributed by atoms with Crippen LogP contribution in [0.1, 0.15) is 213 Å². The molecule has 0 aliphatic carbocycles. The van der Waals surface area contributed by atoms with Crippen LogP contribution in [0.5, 0.6) is 0 Å². The maximum atomic E-state index is 13.0. The molecule has 11 atom stereocenters. The van der Waals surface area contributed by atoms with Crippen LogP contribution in [0.2, 0.25) is 0 Å². The summed E-state index contributed by atoms with van der Waals surface area (Å²) in [5, 5.41) is 72.3. The lowest BCUT2D eigenvalue weighted by Gasteiger charge is -2.42. The number of hydrogen-bond acceptors (Lipinski definition) is 14. The van der Waals surface area contributed by atoms with Crippen LogP contribution in [0.4, 0.5) is 0 Å². The predicted molar refractivity (Wildman–Crippen MR) is 293 cm³/mol. The first-order valence-corrected chi connectivity index (χ1v) is 29.4. The first kappa shape index (κ1) is 67.8. The van der Waals surface area contributed by atoms with Crippen LogP contribution in [0.15, 0.2) is 60.8 Å². The zero-order valence-electron chi connectivity index (χ0n) is 46.1. The summed E-state index contributed by atoms with van der Waals surface area (Å²) in [5.74, 6) is -0.430. The van der Waals surface area contributed by atoms with E-state index in [1.807, 2.05) is 0 Å². The summed E-state index contributed by atoms with van der Waals surface area (Å²) in [6, 6.07) is 0. The second kappa shape index (κ2) is 46.8. The monoisotopic (exact) mass is 1050 g/mol. The fourth-order valence-corrected chi connectivity index (χ4v) is 9.09. The van der Waals surface area contributed by atoms with Crippen molar-refractivity contribution in [2.75, 3.05) is 33.0 Å². The third kappa shape index (κ3) is 33.1. The molecule has 2 aliphatic rings. The Kier molecular flexibility index (Phi) is 42.8. The molecule has 0 aromatic heterocycles. The molecule has 2 rings (SSSR count). The van der Waals surface area contributed by atoms with Crippen molar-refractivity contribution in [1.82, 2.24) is 0 Å². The minimum atomic E-state index is -1.72. The van der Waals surface area contributed by atoms with Gasteiger partial charge in [-0.15, -0.1) is 0 Å². The van der Waals surface area contributed by atoms with Crippen molar-refractivity contribution in [3.8, 4) is 0 Å². The van der Waals surface area contributed by atoms with E-state index in [2.05, 4.69) is 74.6 Å². The average Bonchev–Trinajstić information content (AvgIpc) is 3.40. The predicted octanol–water partition coefficient (Wildman–Crippen LogP) is 10.5. The van der Waals surface area contributed by atoms with E-state index in [1.54, 1.807) is 0 Å². The summed E-state index contributed by atoms with van der Waals surface area (Å²) < 4.78 is 34.3. The van der Waals surface area contributed by atoms with Gasteiger partial charge in [0, 0.05) is 13.0 Å². The minimum Gasteiger partial charge on any atom is -0.457 e. The Balaban J connectivity index is 1.72. The number of esters is 1. The molecule has 0 bridgehead atoms. The minimum absolute atomic E-state index is 0.0391. The molecule has 0 amide bonds. The summed E-state index contributed by atoms with van der Waals surface area (Å²) in [5.41, 5.74) is 0. The molecule has 14 heteroatoms. The van der Waals surface area contributed by atoms with E-state index >= 15 is 0 Å². The molecule has 14 nitrogen and oxygen atoms in total. The van der Waals surface area contributed by atoms with Gasteiger partial charge in [-0.1, -0.05) is 216 Å². The molecule has 11 unspecified atom stereocenters. The lowest BCUT2D eigenvalue weighted by molar-refractivity contribution is -0.332. The largest absolute Gasteiger partial charge is 0.457 e. The molecule has 2 aliphatic heterocycles. The van der Waals surface area contributed by atoms with Crippen LogP contribution >= 0.6 is 0 Å². The second-order valence-electron chi connectivity index (χ2n) is 20.4. The fraction of sp³-hybridized carbons (Fsp3) is 0.817. The molecule has 0 aromatic rings. The summed E-state index contributed by atoms with van der Waals surface area (Å²) in [6.07, 6.45) is 41.6. The Labute approximate surface area is 447 Å². The molecule has 0 aromatic carbocycles. The van der Waals surface area contributed by atoms with Crippen molar-refractivity contribution in [3.05, 3.63) is 60.8 Å². The number of carbonyl (C=O) groups is 1. The Morgan fingerprint density at radius 3 is 1.32 bits per heavy atom. The highest BCUT2D eigenvalue weighted by Crippen LogP contribution is 2.27. The van der Waals surface area contributed by atoms with E-state index in [4.69, 9.17) is 28.4 Å². The maximum Gasteiger partial charge on any atom is 0.306 e. The molecule has 0 saturated carbocycles. The molecule has 74 heavy (non-hydrogen) atoms. The lowest BCUT2D eigenvalue weighted by atomic mass is 9.98. The van der Waals surface area contributed by atoms with Crippen LogP contribution in [0, 0.1) is 0 Å². The summed E-state index contributed by atoms with van der Waals surface area (Å²) in [6.45, 7) is 3.53. The van der Waals surface area contributed by atoms with Gasteiger partial charge >= 0.3 is 5.97 Å². The SMILES string of the molecule is CC/C=C\C/C=C\C/C=C\C/C=C\C/C=C\CCCC(=O)OC(COCCCCCCCCCCCCCCCCCCCCCCCCC)COC1OC(COC2OC(CO)C(O)C(O)C2O)C(O)C(O)C1O. The summed E-state index contributed by atoms with van der Waals surface area (Å²) in [4.78, 5) is 13.0. The van der Waals surface area contributed by atoms with Gasteiger partial charge in [0.1, 0.15) is 54.9 Å². The topological polar surface area (TPSA) is 214 Å². The van der Waals surface area contributed by atoms with Gasteiger partial charge in [0.25, 0.3) is 0 Å². The molecule has 0 spiro atoms. The standard InChI is InChI=1S/C60H106O14/c1-3-5-7-9-11-13-15-17-19-21-22-23-24-25-26-28-30-32-34-36-38-40-42-44-69-46-49(72-52(62)43-41-39-37-35-33-31-29-27-20-18-16-14-12-10-8-6-4-2)47-70-59-58(68)56(66)54(64)51(74-59)48-71-60-57(67)55(65)53(63)50(45-61)73-60/h6,8,12,14,18,20,29,31,35,37,49-51,53-61,63-68H,3-5,7,9-11,13,15-17,19,21-28,30,32-34,36,38-48H2,1-2H3/b8-6-,14-12-,20-18-,31-29-,37-35-. The van der Waals surface area contributed by atoms with Crippen LogP contribution in [0.25, 0.3) is 0 Å². The Morgan fingerprint density at radius 1 is 0.459 bits per heavy atom. The van der Waals surface area contributed by atoms with E-state index < -0.39 is 86.7 Å². The highest BCUT2D eigenvalue weighted by molar-refractivity contribution is 5.69. The fourth-order valence-electron chi connectivity index (χ4n) is 9.09. The van der Waals surface area contributed by atoms with Crippen molar-refractivity contribution in [2.24, 2.45) is 0 Å². The van der Waals surface area contributed by atoms with Crippen molar-refractivity contribution in [3.63, 3.8) is 0 Å². The number of hydrogen-bond donors (Lipinski definition) is 7. The first-order valence-electron chi connectivity index (χ1n) is 29.4. The number of allylic oxidation sites excluding steroid dienone is 10.